The lowest BCUT2D eigenvalue weighted by Crippen LogP contribution is -2.38. The summed E-state index contributed by atoms with van der Waals surface area (Å²) in [6.45, 7) is 1.43. The molecule has 0 aliphatic carbocycles. The highest BCUT2D eigenvalue weighted by molar-refractivity contribution is 7.13. The van der Waals surface area contributed by atoms with E-state index in [9.17, 15) is 4.79 Å². The average Bonchev–Trinajstić information content (AvgIpc) is 3.36. The molecule has 0 saturated carbocycles. The Labute approximate surface area is 142 Å². The molecule has 24 heavy (non-hydrogen) atoms. The van der Waals surface area contributed by atoms with Gasteiger partial charge in [-0.05, 0) is 24.3 Å². The molecular formula is C16H17N5O2S. The number of aromatic nitrogens is 4. The number of thiophene rings is 1. The number of carbonyl (C=O) groups excluding carboxylic acids is 1. The van der Waals surface area contributed by atoms with E-state index in [4.69, 9.17) is 4.52 Å². The van der Waals surface area contributed by atoms with Gasteiger partial charge >= 0.3 is 0 Å². The van der Waals surface area contributed by atoms with Crippen molar-refractivity contribution < 1.29 is 9.32 Å². The standard InChI is InChI=1S/C16H17N5O2S/c22-14(8-12-9-17-10-18-12)21-5-3-11(4-6-21)16-19-15(20-23-16)13-2-1-7-24-13/h1-2,7,9-11H,3-6,8H2,(H,17,18). The number of nitrogens with zero attached hydrogens (tertiary/aromatic N) is 4. The van der Waals surface area contributed by atoms with Crippen LogP contribution in [-0.2, 0) is 11.2 Å². The average molecular weight is 343 g/mol. The molecule has 0 aromatic carbocycles. The highest BCUT2D eigenvalue weighted by Gasteiger charge is 2.27. The van der Waals surface area contributed by atoms with E-state index in [0.717, 1.165) is 23.4 Å². The molecule has 7 nitrogen and oxygen atoms in total. The normalized spacial score (nSPS) is 15.8. The van der Waals surface area contributed by atoms with Gasteiger partial charge in [-0.1, -0.05) is 11.2 Å². The van der Waals surface area contributed by atoms with Crippen molar-refractivity contribution in [2.45, 2.75) is 25.2 Å². The molecule has 3 aromatic rings. The van der Waals surface area contributed by atoms with Crippen LogP contribution in [-0.4, -0.2) is 44.0 Å². The molecule has 0 spiro atoms. The van der Waals surface area contributed by atoms with E-state index in [1.807, 2.05) is 22.4 Å². The second kappa shape index (κ2) is 6.56. The molecule has 0 unspecified atom stereocenters. The third-order valence-electron chi connectivity index (χ3n) is 4.28. The summed E-state index contributed by atoms with van der Waals surface area (Å²) in [6.07, 6.45) is 5.35. The summed E-state index contributed by atoms with van der Waals surface area (Å²) in [5.41, 5.74) is 0.847. The molecule has 4 heterocycles. The van der Waals surface area contributed by atoms with E-state index in [1.54, 1.807) is 23.9 Å². The number of piperidine rings is 1. The number of carbonyl (C=O) groups is 1. The lowest BCUT2D eigenvalue weighted by molar-refractivity contribution is -0.131. The second-order valence-electron chi connectivity index (χ2n) is 5.84. The molecule has 1 fully saturated rings. The van der Waals surface area contributed by atoms with Gasteiger partial charge in [0.2, 0.25) is 17.6 Å². The van der Waals surface area contributed by atoms with E-state index in [2.05, 4.69) is 20.1 Å². The summed E-state index contributed by atoms with van der Waals surface area (Å²) < 4.78 is 5.44. The number of likely N-dealkylation sites (tertiary alicyclic amines) is 1. The maximum Gasteiger partial charge on any atom is 0.230 e. The summed E-state index contributed by atoms with van der Waals surface area (Å²) in [7, 11) is 0. The highest BCUT2D eigenvalue weighted by atomic mass is 32.1. The SMILES string of the molecule is O=C(Cc1cnc[nH]1)N1CCC(c2nc(-c3cccs3)no2)CC1. The number of hydrogen-bond acceptors (Lipinski definition) is 6. The number of imidazole rings is 1. The van der Waals surface area contributed by atoms with E-state index in [1.165, 1.54) is 0 Å². The van der Waals surface area contributed by atoms with Gasteiger partial charge in [0.1, 0.15) is 0 Å². The number of rotatable bonds is 4. The molecule has 124 valence electrons. The Morgan fingerprint density at radius 3 is 3.00 bits per heavy atom. The summed E-state index contributed by atoms with van der Waals surface area (Å²) in [4.78, 5) is 26.6. The minimum Gasteiger partial charge on any atom is -0.348 e. The van der Waals surface area contributed by atoms with Crippen LogP contribution in [0.3, 0.4) is 0 Å². The molecule has 8 heteroatoms. The Kier molecular flexibility index (Phi) is 4.12. The lowest BCUT2D eigenvalue weighted by Gasteiger charge is -2.30. The predicted octanol–water partition coefficient (Wildman–Crippen LogP) is 2.47. The van der Waals surface area contributed by atoms with E-state index in [0.29, 0.717) is 31.2 Å². The molecule has 1 aliphatic rings. The maximum absolute atomic E-state index is 12.3. The van der Waals surface area contributed by atoms with Crippen LogP contribution in [0.4, 0.5) is 0 Å². The Morgan fingerprint density at radius 1 is 1.42 bits per heavy atom. The number of amides is 1. The van der Waals surface area contributed by atoms with E-state index >= 15 is 0 Å². The fraction of sp³-hybridized carbons (Fsp3) is 0.375. The predicted molar refractivity (Wildman–Crippen MR) is 88.5 cm³/mol. The molecule has 0 radical (unpaired) electrons. The molecule has 0 bridgehead atoms. The van der Waals surface area contributed by atoms with Gasteiger partial charge in [-0.15, -0.1) is 11.3 Å². The molecule has 1 amide bonds. The Bertz CT molecular complexity index is 788. The zero-order valence-corrected chi connectivity index (χ0v) is 13.8. The number of hydrogen-bond donors (Lipinski definition) is 1. The smallest absolute Gasteiger partial charge is 0.230 e. The first-order valence-corrected chi connectivity index (χ1v) is 8.80. The van der Waals surface area contributed by atoms with Crippen molar-refractivity contribution in [1.29, 1.82) is 0 Å². The molecule has 1 N–H and O–H groups in total. The fourth-order valence-corrected chi connectivity index (χ4v) is 3.59. The molecule has 1 aliphatic heterocycles. The van der Waals surface area contributed by atoms with Gasteiger partial charge in [0.15, 0.2) is 0 Å². The van der Waals surface area contributed by atoms with Crippen LogP contribution in [0.15, 0.2) is 34.6 Å². The fourth-order valence-electron chi connectivity index (χ4n) is 2.94. The first kappa shape index (κ1) is 15.1. The first-order chi connectivity index (χ1) is 11.8. The van der Waals surface area contributed by atoms with Gasteiger partial charge in [0.25, 0.3) is 0 Å². The second-order valence-corrected chi connectivity index (χ2v) is 6.79. The quantitative estimate of drug-likeness (QED) is 0.786. The molecule has 0 atom stereocenters. The molecule has 1 saturated heterocycles. The molecular weight excluding hydrogens is 326 g/mol. The number of aromatic amines is 1. The van der Waals surface area contributed by atoms with Crippen molar-refractivity contribution in [2.75, 3.05) is 13.1 Å². The highest BCUT2D eigenvalue weighted by Crippen LogP contribution is 2.29. The van der Waals surface area contributed by atoms with Crippen molar-refractivity contribution in [3.8, 4) is 10.7 Å². The Hall–Kier alpha value is -2.48. The Morgan fingerprint density at radius 2 is 2.29 bits per heavy atom. The van der Waals surface area contributed by atoms with Crippen molar-refractivity contribution in [1.82, 2.24) is 25.0 Å². The van der Waals surface area contributed by atoms with Crippen LogP contribution >= 0.6 is 11.3 Å². The van der Waals surface area contributed by atoms with Crippen molar-refractivity contribution in [2.24, 2.45) is 0 Å². The minimum absolute atomic E-state index is 0.127. The first-order valence-electron chi connectivity index (χ1n) is 7.92. The van der Waals surface area contributed by atoms with Gasteiger partial charge < -0.3 is 14.4 Å². The Balaban J connectivity index is 1.35. The minimum atomic E-state index is 0.127. The van der Waals surface area contributed by atoms with Crippen LogP contribution in [0.2, 0.25) is 0 Å². The van der Waals surface area contributed by atoms with E-state index in [-0.39, 0.29) is 11.8 Å². The van der Waals surface area contributed by atoms with Gasteiger partial charge in [-0.25, -0.2) is 4.98 Å². The van der Waals surface area contributed by atoms with E-state index < -0.39 is 0 Å². The van der Waals surface area contributed by atoms with Crippen LogP contribution in [0.25, 0.3) is 10.7 Å². The third-order valence-corrected chi connectivity index (χ3v) is 5.14. The van der Waals surface area contributed by atoms with Crippen molar-refractivity contribution >= 4 is 17.2 Å². The summed E-state index contributed by atoms with van der Waals surface area (Å²) in [6, 6.07) is 3.95. The van der Waals surface area contributed by atoms with Gasteiger partial charge in [0.05, 0.1) is 17.6 Å². The van der Waals surface area contributed by atoms with Gasteiger partial charge in [-0.3, -0.25) is 4.79 Å². The van der Waals surface area contributed by atoms with Crippen LogP contribution in [0.1, 0.15) is 30.3 Å². The van der Waals surface area contributed by atoms with Crippen molar-refractivity contribution in [3.05, 3.63) is 41.6 Å². The zero-order valence-electron chi connectivity index (χ0n) is 13.0. The molecule has 3 aromatic heterocycles. The van der Waals surface area contributed by atoms with Crippen LogP contribution in [0, 0.1) is 0 Å². The topological polar surface area (TPSA) is 87.9 Å². The zero-order chi connectivity index (χ0) is 16.4. The molecule has 4 rings (SSSR count). The third kappa shape index (κ3) is 3.09. The summed E-state index contributed by atoms with van der Waals surface area (Å²) in [5, 5.41) is 6.07. The van der Waals surface area contributed by atoms with Crippen LogP contribution in [0.5, 0.6) is 0 Å². The monoisotopic (exact) mass is 343 g/mol. The van der Waals surface area contributed by atoms with Crippen LogP contribution < -0.4 is 0 Å². The largest absolute Gasteiger partial charge is 0.348 e. The number of nitrogens with one attached hydrogen (secondary N) is 1. The van der Waals surface area contributed by atoms with Crippen molar-refractivity contribution in [3.63, 3.8) is 0 Å². The summed E-state index contributed by atoms with van der Waals surface area (Å²) in [5.74, 6) is 1.68. The van der Waals surface area contributed by atoms with Gasteiger partial charge in [0, 0.05) is 30.9 Å². The summed E-state index contributed by atoms with van der Waals surface area (Å²) >= 11 is 1.60. The number of H-pyrrole nitrogens is 1. The van der Waals surface area contributed by atoms with Gasteiger partial charge in [-0.2, -0.15) is 4.98 Å². The lowest BCUT2D eigenvalue weighted by atomic mass is 9.96. The maximum atomic E-state index is 12.3.